The monoisotopic (exact) mass is 646 g/mol. The first-order valence-corrected chi connectivity index (χ1v) is 17.3. The van der Waals surface area contributed by atoms with E-state index in [0.717, 1.165) is 48.1 Å². The molecule has 3 aromatic carbocycles. The van der Waals surface area contributed by atoms with Gasteiger partial charge in [-0.2, -0.15) is 0 Å². The number of carbonyl (C=O) groups excluding carboxylic acids is 1. The fourth-order valence-electron chi connectivity index (χ4n) is 5.27. The number of amides is 1. The minimum Gasteiger partial charge on any atom is -0.463 e. The van der Waals surface area contributed by atoms with Gasteiger partial charge in [0.1, 0.15) is 11.9 Å². The van der Waals surface area contributed by atoms with Gasteiger partial charge in [0, 0.05) is 51.1 Å². The summed E-state index contributed by atoms with van der Waals surface area (Å²) in [7, 11) is -3.64. The highest BCUT2D eigenvalue weighted by Gasteiger charge is 2.33. The first kappa shape index (κ1) is 33.5. The van der Waals surface area contributed by atoms with Gasteiger partial charge in [-0.1, -0.05) is 67.1 Å². The number of nitrogens with one attached hydrogen (secondary N) is 1. The number of carbonyl (C=O) groups is 1. The van der Waals surface area contributed by atoms with Crippen molar-refractivity contribution < 1.29 is 32.2 Å². The number of unbranched alkanes of at least 4 members (excludes halogenated alkanes) is 3. The standard InChI is InChI=1S/C36H42N2O7S/c1-36(2)43-27-31-24-30(18-19-33(31)45-36)34-26-38(35(39)44-34)20-9-3-4-10-21-42-22-11-8-13-28-16-12-17-32(23-28)46(40,41)37-25-29-14-6-5-7-15-29/h5-7,12,14-19,23-24,34,37H,3-4,9-11,20-22,25-27H2,1-2H3/t34-/m0/s1. The van der Waals surface area contributed by atoms with E-state index in [2.05, 4.69) is 16.6 Å². The summed E-state index contributed by atoms with van der Waals surface area (Å²) in [6.07, 6.45) is 3.86. The summed E-state index contributed by atoms with van der Waals surface area (Å²) >= 11 is 0. The van der Waals surface area contributed by atoms with Gasteiger partial charge >= 0.3 is 6.09 Å². The van der Waals surface area contributed by atoms with E-state index in [-0.39, 0.29) is 23.6 Å². The van der Waals surface area contributed by atoms with Crippen LogP contribution in [0.15, 0.2) is 77.7 Å². The van der Waals surface area contributed by atoms with Gasteiger partial charge in [0.15, 0.2) is 0 Å². The van der Waals surface area contributed by atoms with Crippen molar-refractivity contribution in [3.05, 3.63) is 95.1 Å². The number of rotatable bonds is 14. The van der Waals surface area contributed by atoms with Crippen LogP contribution in [0.4, 0.5) is 4.79 Å². The van der Waals surface area contributed by atoms with Crippen LogP contribution in [0.2, 0.25) is 0 Å². The molecule has 1 atom stereocenters. The zero-order valence-corrected chi connectivity index (χ0v) is 27.3. The molecule has 0 bridgehead atoms. The first-order valence-electron chi connectivity index (χ1n) is 15.8. The van der Waals surface area contributed by atoms with E-state index < -0.39 is 15.8 Å². The normalized spacial score (nSPS) is 17.0. The second-order valence-electron chi connectivity index (χ2n) is 11.9. The lowest BCUT2D eigenvalue weighted by molar-refractivity contribution is -0.180. The summed E-state index contributed by atoms with van der Waals surface area (Å²) in [6.45, 7) is 6.85. The van der Waals surface area contributed by atoms with Crippen molar-refractivity contribution >= 4 is 16.1 Å². The zero-order valence-electron chi connectivity index (χ0n) is 26.5. The molecule has 0 spiro atoms. The minimum atomic E-state index is -3.64. The molecule has 2 aliphatic heterocycles. The maximum atomic E-state index is 12.7. The Balaban J connectivity index is 0.933. The van der Waals surface area contributed by atoms with Crippen LogP contribution in [0.3, 0.4) is 0 Å². The Morgan fingerprint density at radius 1 is 0.978 bits per heavy atom. The smallest absolute Gasteiger partial charge is 0.410 e. The van der Waals surface area contributed by atoms with Gasteiger partial charge in [-0.05, 0) is 54.3 Å². The van der Waals surface area contributed by atoms with Crippen LogP contribution in [0.1, 0.15) is 74.3 Å². The van der Waals surface area contributed by atoms with Gasteiger partial charge < -0.3 is 23.8 Å². The molecule has 1 fully saturated rings. The van der Waals surface area contributed by atoms with Gasteiger partial charge in [0.2, 0.25) is 15.8 Å². The first-order chi connectivity index (χ1) is 22.2. The van der Waals surface area contributed by atoms with Crippen LogP contribution < -0.4 is 9.46 Å². The van der Waals surface area contributed by atoms with Crippen molar-refractivity contribution in [2.75, 3.05) is 26.3 Å². The van der Waals surface area contributed by atoms with Crippen LogP contribution in [0.5, 0.6) is 5.75 Å². The third-order valence-corrected chi connectivity index (χ3v) is 9.20. The van der Waals surface area contributed by atoms with Crippen molar-refractivity contribution in [2.45, 2.75) is 75.9 Å². The van der Waals surface area contributed by atoms with Gasteiger partial charge in [0.25, 0.3) is 0 Å². The molecular formula is C36H42N2O7S. The Kier molecular flexibility index (Phi) is 11.4. The molecule has 1 saturated heterocycles. The Morgan fingerprint density at radius 2 is 1.80 bits per heavy atom. The summed E-state index contributed by atoms with van der Waals surface area (Å²) in [5.74, 6) is 6.27. The largest absolute Gasteiger partial charge is 0.463 e. The molecule has 1 amide bonds. The Labute approximate surface area is 272 Å². The molecule has 2 aliphatic rings. The number of benzene rings is 3. The number of sulfonamides is 1. The quantitative estimate of drug-likeness (QED) is 0.162. The lowest BCUT2D eigenvalue weighted by Crippen LogP contribution is -2.35. The van der Waals surface area contributed by atoms with Crippen LogP contribution in [0, 0.1) is 11.8 Å². The fraction of sp³-hybridized carbons (Fsp3) is 0.417. The van der Waals surface area contributed by atoms with Crippen molar-refractivity contribution in [1.29, 1.82) is 0 Å². The highest BCUT2D eigenvalue weighted by molar-refractivity contribution is 7.89. The summed E-state index contributed by atoms with van der Waals surface area (Å²) < 4.78 is 51.0. The topological polar surface area (TPSA) is 103 Å². The lowest BCUT2D eigenvalue weighted by atomic mass is 10.0. The van der Waals surface area contributed by atoms with Crippen LogP contribution in [0.25, 0.3) is 0 Å². The summed E-state index contributed by atoms with van der Waals surface area (Å²) in [6, 6.07) is 21.9. The second-order valence-corrected chi connectivity index (χ2v) is 13.7. The fourth-order valence-corrected chi connectivity index (χ4v) is 6.33. The molecule has 46 heavy (non-hydrogen) atoms. The molecule has 0 saturated carbocycles. The molecule has 10 heteroatoms. The van der Waals surface area contributed by atoms with Crippen LogP contribution in [-0.4, -0.2) is 51.5 Å². The van der Waals surface area contributed by atoms with Crippen molar-refractivity contribution in [2.24, 2.45) is 0 Å². The number of hydrogen-bond donors (Lipinski definition) is 1. The summed E-state index contributed by atoms with van der Waals surface area (Å²) in [5.41, 5.74) is 3.46. The molecule has 9 nitrogen and oxygen atoms in total. The van der Waals surface area contributed by atoms with Gasteiger partial charge in [0.05, 0.1) is 24.7 Å². The van der Waals surface area contributed by atoms with E-state index in [4.69, 9.17) is 18.9 Å². The molecule has 2 heterocycles. The van der Waals surface area contributed by atoms with E-state index in [0.29, 0.717) is 44.9 Å². The minimum absolute atomic E-state index is 0.192. The zero-order chi connectivity index (χ0) is 32.4. The highest BCUT2D eigenvalue weighted by Crippen LogP contribution is 2.35. The predicted molar refractivity (Wildman–Crippen MR) is 174 cm³/mol. The predicted octanol–water partition coefficient (Wildman–Crippen LogP) is 6.32. The Bertz CT molecular complexity index is 1650. The van der Waals surface area contributed by atoms with E-state index in [9.17, 15) is 13.2 Å². The van der Waals surface area contributed by atoms with Crippen molar-refractivity contribution in [1.82, 2.24) is 9.62 Å². The maximum Gasteiger partial charge on any atom is 0.410 e. The number of fused-ring (bicyclic) bond motifs is 1. The van der Waals surface area contributed by atoms with E-state index in [1.807, 2.05) is 62.4 Å². The number of hydrogen-bond acceptors (Lipinski definition) is 7. The van der Waals surface area contributed by atoms with Gasteiger partial charge in [-0.25, -0.2) is 17.9 Å². The average molecular weight is 647 g/mol. The van der Waals surface area contributed by atoms with E-state index >= 15 is 0 Å². The third-order valence-electron chi connectivity index (χ3n) is 7.80. The number of nitrogens with zero attached hydrogens (tertiary/aromatic N) is 1. The van der Waals surface area contributed by atoms with E-state index in [1.54, 1.807) is 29.2 Å². The molecular weight excluding hydrogens is 604 g/mol. The summed E-state index contributed by atoms with van der Waals surface area (Å²) in [4.78, 5) is 14.4. The van der Waals surface area contributed by atoms with Crippen molar-refractivity contribution in [3.63, 3.8) is 0 Å². The Hall–Kier alpha value is -3.88. The van der Waals surface area contributed by atoms with Gasteiger partial charge in [-0.3, -0.25) is 0 Å². The third kappa shape index (κ3) is 9.56. The second kappa shape index (κ2) is 15.6. The van der Waals surface area contributed by atoms with Gasteiger partial charge in [-0.15, -0.1) is 0 Å². The highest BCUT2D eigenvalue weighted by atomic mass is 32.2. The summed E-state index contributed by atoms with van der Waals surface area (Å²) in [5, 5.41) is 0. The molecule has 3 aromatic rings. The van der Waals surface area contributed by atoms with Crippen LogP contribution in [-0.2, 0) is 37.4 Å². The Morgan fingerprint density at radius 3 is 2.65 bits per heavy atom. The molecule has 244 valence electrons. The number of ether oxygens (including phenoxy) is 4. The number of cyclic esters (lactones) is 1. The molecule has 5 rings (SSSR count). The molecule has 0 aliphatic carbocycles. The lowest BCUT2D eigenvalue weighted by Gasteiger charge is -2.32. The van der Waals surface area contributed by atoms with Crippen LogP contribution >= 0.6 is 0 Å². The molecule has 1 N–H and O–H groups in total. The van der Waals surface area contributed by atoms with Crippen molar-refractivity contribution in [3.8, 4) is 17.6 Å². The maximum absolute atomic E-state index is 12.7. The van der Waals surface area contributed by atoms with E-state index in [1.165, 1.54) is 0 Å². The average Bonchev–Trinajstić information content (AvgIpc) is 3.42. The molecule has 0 aromatic heterocycles. The molecule has 0 unspecified atom stereocenters. The molecule has 0 radical (unpaired) electrons. The SMILES string of the molecule is CC1(C)OCc2cc([C@@H]3CN(CCCCCCOCCC#Cc4cccc(S(=O)(=O)NCc5ccccc5)c4)C(=O)O3)ccc2O1.